The van der Waals surface area contributed by atoms with Crippen molar-refractivity contribution in [3.63, 3.8) is 0 Å². The van der Waals surface area contributed by atoms with Crippen molar-refractivity contribution in [3.05, 3.63) is 76.9 Å². The molecule has 1 aliphatic rings. The van der Waals surface area contributed by atoms with Crippen molar-refractivity contribution >= 4 is 23.9 Å². The van der Waals surface area contributed by atoms with E-state index in [2.05, 4.69) is 15.4 Å². The molecule has 0 aromatic heterocycles. The summed E-state index contributed by atoms with van der Waals surface area (Å²) in [6.07, 6.45) is 5.95. The highest BCUT2D eigenvalue weighted by molar-refractivity contribution is 5.95. The van der Waals surface area contributed by atoms with E-state index in [0.29, 0.717) is 30.1 Å². The summed E-state index contributed by atoms with van der Waals surface area (Å²) in [5.74, 6) is -0.612. The van der Waals surface area contributed by atoms with Crippen LogP contribution in [-0.2, 0) is 16.0 Å². The first kappa shape index (κ1) is 20.3. The topological polar surface area (TPSA) is 84.5 Å². The maximum absolute atomic E-state index is 12.0. The zero-order valence-electron chi connectivity index (χ0n) is 16.3. The predicted molar refractivity (Wildman–Crippen MR) is 110 cm³/mol. The predicted octanol–water partition coefficient (Wildman–Crippen LogP) is 2.74. The van der Waals surface area contributed by atoms with E-state index >= 15 is 0 Å². The van der Waals surface area contributed by atoms with Crippen molar-refractivity contribution in [2.75, 3.05) is 13.7 Å². The van der Waals surface area contributed by atoms with Crippen LogP contribution in [0.1, 0.15) is 44.7 Å². The second-order valence-corrected chi connectivity index (χ2v) is 6.93. The highest BCUT2D eigenvalue weighted by atomic mass is 16.5. The van der Waals surface area contributed by atoms with Crippen molar-refractivity contribution < 1.29 is 19.1 Å². The average molecular weight is 392 g/mol. The number of esters is 1. The van der Waals surface area contributed by atoms with Crippen molar-refractivity contribution in [3.8, 4) is 0 Å². The second kappa shape index (κ2) is 9.68. The fraction of sp³-hybridized carbons (Fsp3) is 0.261. The fourth-order valence-corrected chi connectivity index (χ4v) is 2.73. The highest BCUT2D eigenvalue weighted by Gasteiger charge is 2.23. The minimum atomic E-state index is -0.369. The number of nitrogens with one attached hydrogen (secondary N) is 2. The van der Waals surface area contributed by atoms with E-state index < -0.39 is 0 Å². The molecular formula is C23H24N2O4. The van der Waals surface area contributed by atoms with Gasteiger partial charge < -0.3 is 15.4 Å². The maximum Gasteiger partial charge on any atom is 0.337 e. The highest BCUT2D eigenvalue weighted by Crippen LogP contribution is 2.19. The molecule has 0 bridgehead atoms. The molecule has 0 radical (unpaired) electrons. The van der Waals surface area contributed by atoms with Crippen LogP contribution in [0.4, 0.5) is 0 Å². The molecule has 1 saturated carbocycles. The Bertz CT molecular complexity index is 897. The van der Waals surface area contributed by atoms with Crippen LogP contribution in [0.25, 0.3) is 6.08 Å². The minimum absolute atomic E-state index is 0.0552. The van der Waals surface area contributed by atoms with E-state index in [1.807, 2.05) is 24.3 Å². The number of amides is 2. The third-order valence-corrected chi connectivity index (χ3v) is 4.60. The second-order valence-electron chi connectivity index (χ2n) is 6.93. The zero-order chi connectivity index (χ0) is 20.6. The SMILES string of the molecule is COC(=O)c1ccc(CCNC(=O)/C=C/c2ccc(C(=O)NC3CC3)cc2)cc1. The van der Waals surface area contributed by atoms with Gasteiger partial charge in [-0.15, -0.1) is 0 Å². The summed E-state index contributed by atoms with van der Waals surface area (Å²) < 4.78 is 4.66. The number of methoxy groups -OCH3 is 1. The molecule has 2 N–H and O–H groups in total. The summed E-state index contributed by atoms with van der Waals surface area (Å²) in [5.41, 5.74) is 2.99. The number of carbonyl (C=O) groups is 3. The molecule has 0 heterocycles. The van der Waals surface area contributed by atoms with Gasteiger partial charge in [-0.3, -0.25) is 9.59 Å². The van der Waals surface area contributed by atoms with Crippen molar-refractivity contribution in [2.24, 2.45) is 0 Å². The smallest absolute Gasteiger partial charge is 0.337 e. The third-order valence-electron chi connectivity index (χ3n) is 4.60. The van der Waals surface area contributed by atoms with Gasteiger partial charge in [-0.1, -0.05) is 24.3 Å². The first-order valence-corrected chi connectivity index (χ1v) is 9.59. The van der Waals surface area contributed by atoms with Gasteiger partial charge in [0, 0.05) is 24.2 Å². The van der Waals surface area contributed by atoms with Crippen LogP contribution in [0.3, 0.4) is 0 Å². The van der Waals surface area contributed by atoms with Crippen molar-refractivity contribution in [1.29, 1.82) is 0 Å². The maximum atomic E-state index is 12.0. The zero-order valence-corrected chi connectivity index (χ0v) is 16.3. The van der Waals surface area contributed by atoms with E-state index in [4.69, 9.17) is 0 Å². The van der Waals surface area contributed by atoms with Crippen LogP contribution in [0.5, 0.6) is 0 Å². The van der Waals surface area contributed by atoms with Gasteiger partial charge in [0.2, 0.25) is 5.91 Å². The van der Waals surface area contributed by atoms with E-state index in [-0.39, 0.29) is 17.8 Å². The van der Waals surface area contributed by atoms with Gasteiger partial charge in [0.15, 0.2) is 0 Å². The Hall–Kier alpha value is -3.41. The van der Waals surface area contributed by atoms with E-state index in [9.17, 15) is 14.4 Å². The van der Waals surface area contributed by atoms with Crippen LogP contribution in [-0.4, -0.2) is 37.5 Å². The lowest BCUT2D eigenvalue weighted by molar-refractivity contribution is -0.116. The molecule has 1 aliphatic carbocycles. The van der Waals surface area contributed by atoms with Gasteiger partial charge in [0.1, 0.15) is 0 Å². The Morgan fingerprint density at radius 2 is 1.66 bits per heavy atom. The molecule has 0 spiro atoms. The molecule has 6 heteroatoms. The van der Waals surface area contributed by atoms with E-state index in [1.54, 1.807) is 30.3 Å². The van der Waals surface area contributed by atoms with Crippen LogP contribution < -0.4 is 10.6 Å². The number of ether oxygens (including phenoxy) is 1. The van der Waals surface area contributed by atoms with Crippen LogP contribution >= 0.6 is 0 Å². The molecule has 0 unspecified atom stereocenters. The molecule has 0 saturated heterocycles. The average Bonchev–Trinajstić information content (AvgIpc) is 3.56. The van der Waals surface area contributed by atoms with Gasteiger partial charge in [0.05, 0.1) is 12.7 Å². The Morgan fingerprint density at radius 1 is 1.00 bits per heavy atom. The number of carbonyl (C=O) groups excluding carboxylic acids is 3. The lowest BCUT2D eigenvalue weighted by Crippen LogP contribution is -2.25. The van der Waals surface area contributed by atoms with Gasteiger partial charge in [-0.05, 0) is 60.7 Å². The van der Waals surface area contributed by atoms with Gasteiger partial charge in [-0.2, -0.15) is 0 Å². The molecule has 29 heavy (non-hydrogen) atoms. The first-order valence-electron chi connectivity index (χ1n) is 9.59. The number of hydrogen-bond acceptors (Lipinski definition) is 4. The molecule has 0 aliphatic heterocycles. The Morgan fingerprint density at radius 3 is 2.28 bits per heavy atom. The Labute approximate surface area is 170 Å². The van der Waals surface area contributed by atoms with Gasteiger partial charge >= 0.3 is 5.97 Å². The molecule has 6 nitrogen and oxygen atoms in total. The Balaban J connectivity index is 1.42. The lowest BCUT2D eigenvalue weighted by Gasteiger charge is -2.05. The normalized spacial score (nSPS) is 13.1. The van der Waals surface area contributed by atoms with Crippen molar-refractivity contribution in [1.82, 2.24) is 10.6 Å². The quantitative estimate of drug-likeness (QED) is 0.534. The molecule has 1 fully saturated rings. The van der Waals surface area contributed by atoms with E-state index in [1.165, 1.54) is 13.2 Å². The van der Waals surface area contributed by atoms with Crippen LogP contribution in [0.2, 0.25) is 0 Å². The molecule has 2 amide bonds. The molecule has 2 aromatic rings. The Kier molecular flexibility index (Phi) is 6.79. The molecule has 2 aromatic carbocycles. The number of rotatable bonds is 8. The summed E-state index contributed by atoms with van der Waals surface area (Å²) in [6.45, 7) is 0.487. The summed E-state index contributed by atoms with van der Waals surface area (Å²) in [4.78, 5) is 35.3. The van der Waals surface area contributed by atoms with Crippen LogP contribution in [0, 0.1) is 0 Å². The molecule has 0 atom stereocenters. The standard InChI is InChI=1S/C23H24N2O4/c1-29-23(28)19-9-4-17(5-10-19)14-15-24-21(26)13-6-16-2-7-18(8-3-16)22(27)25-20-11-12-20/h2-10,13,20H,11-12,14-15H2,1H3,(H,24,26)(H,25,27)/b13-6+. The number of hydrogen-bond donors (Lipinski definition) is 2. The van der Waals surface area contributed by atoms with Crippen LogP contribution in [0.15, 0.2) is 54.6 Å². The summed E-state index contributed by atoms with van der Waals surface area (Å²) in [5, 5.41) is 5.77. The minimum Gasteiger partial charge on any atom is -0.465 e. The largest absolute Gasteiger partial charge is 0.465 e. The summed E-state index contributed by atoms with van der Waals surface area (Å²) in [7, 11) is 1.35. The lowest BCUT2D eigenvalue weighted by atomic mass is 10.1. The van der Waals surface area contributed by atoms with Gasteiger partial charge in [0.25, 0.3) is 5.91 Å². The van der Waals surface area contributed by atoms with Crippen molar-refractivity contribution in [2.45, 2.75) is 25.3 Å². The summed E-state index contributed by atoms with van der Waals surface area (Å²) >= 11 is 0. The van der Waals surface area contributed by atoms with Gasteiger partial charge in [-0.25, -0.2) is 4.79 Å². The monoisotopic (exact) mass is 392 g/mol. The molecule has 150 valence electrons. The third kappa shape index (κ3) is 6.31. The number of benzene rings is 2. The summed E-state index contributed by atoms with van der Waals surface area (Å²) in [6, 6.07) is 14.6. The molecular weight excluding hydrogens is 368 g/mol. The first-order chi connectivity index (χ1) is 14.0. The molecule has 3 rings (SSSR count). The van der Waals surface area contributed by atoms with E-state index in [0.717, 1.165) is 24.0 Å². The fourth-order valence-electron chi connectivity index (χ4n) is 2.73.